The third-order valence-corrected chi connectivity index (χ3v) is 3.10. The summed E-state index contributed by atoms with van der Waals surface area (Å²) < 4.78 is 7.10. The molecule has 0 radical (unpaired) electrons. The number of aldehydes is 1. The van der Waals surface area contributed by atoms with E-state index in [1.807, 2.05) is 42.0 Å². The molecule has 96 valence electrons. The molecule has 3 rings (SSSR count). The van der Waals surface area contributed by atoms with Crippen LogP contribution in [0.25, 0.3) is 10.9 Å². The van der Waals surface area contributed by atoms with Crippen molar-refractivity contribution in [3.8, 4) is 0 Å². The van der Waals surface area contributed by atoms with Crippen molar-refractivity contribution >= 4 is 17.2 Å². The SMILES string of the molecule is CCc1nc(Cn2ccc3c(C=O)cccc32)no1. The molecular weight excluding hydrogens is 242 g/mol. The van der Waals surface area contributed by atoms with Crippen molar-refractivity contribution in [2.45, 2.75) is 19.9 Å². The van der Waals surface area contributed by atoms with Gasteiger partial charge in [-0.3, -0.25) is 4.79 Å². The van der Waals surface area contributed by atoms with Gasteiger partial charge in [0.15, 0.2) is 12.1 Å². The van der Waals surface area contributed by atoms with Crippen LogP contribution in [0.4, 0.5) is 0 Å². The van der Waals surface area contributed by atoms with Crippen LogP contribution >= 0.6 is 0 Å². The number of aryl methyl sites for hydroxylation is 1. The van der Waals surface area contributed by atoms with Crippen molar-refractivity contribution in [2.24, 2.45) is 0 Å². The molecule has 5 heteroatoms. The minimum Gasteiger partial charge on any atom is -0.340 e. The van der Waals surface area contributed by atoms with Crippen LogP contribution in [0.2, 0.25) is 0 Å². The second-order valence-electron chi connectivity index (χ2n) is 4.30. The molecule has 0 aliphatic carbocycles. The van der Waals surface area contributed by atoms with E-state index in [2.05, 4.69) is 10.1 Å². The van der Waals surface area contributed by atoms with E-state index < -0.39 is 0 Å². The largest absolute Gasteiger partial charge is 0.340 e. The minimum atomic E-state index is 0.537. The summed E-state index contributed by atoms with van der Waals surface area (Å²) >= 11 is 0. The highest BCUT2D eigenvalue weighted by Gasteiger charge is 2.09. The number of nitrogens with zero attached hydrogens (tertiary/aromatic N) is 3. The molecular formula is C14H13N3O2. The molecule has 2 aromatic heterocycles. The van der Waals surface area contributed by atoms with Crippen LogP contribution in [0.5, 0.6) is 0 Å². The Labute approximate surface area is 109 Å². The van der Waals surface area contributed by atoms with Crippen LogP contribution < -0.4 is 0 Å². The molecule has 0 aliphatic rings. The maximum Gasteiger partial charge on any atom is 0.226 e. The number of hydrogen-bond donors (Lipinski definition) is 0. The summed E-state index contributed by atoms with van der Waals surface area (Å²) in [5.41, 5.74) is 1.69. The molecule has 0 unspecified atom stereocenters. The molecule has 0 amide bonds. The van der Waals surface area contributed by atoms with Gasteiger partial charge in [-0.2, -0.15) is 4.98 Å². The zero-order chi connectivity index (χ0) is 13.2. The third-order valence-electron chi connectivity index (χ3n) is 3.10. The predicted molar refractivity (Wildman–Crippen MR) is 70.1 cm³/mol. The van der Waals surface area contributed by atoms with Crippen molar-refractivity contribution in [1.29, 1.82) is 0 Å². The highest BCUT2D eigenvalue weighted by Crippen LogP contribution is 2.19. The number of carbonyl (C=O) groups is 1. The van der Waals surface area contributed by atoms with Gasteiger partial charge in [0.2, 0.25) is 5.89 Å². The molecule has 0 bridgehead atoms. The van der Waals surface area contributed by atoms with Crippen molar-refractivity contribution < 1.29 is 9.32 Å². The van der Waals surface area contributed by atoms with Gasteiger partial charge in [0, 0.05) is 29.1 Å². The summed E-state index contributed by atoms with van der Waals surface area (Å²) in [5, 5.41) is 4.88. The summed E-state index contributed by atoms with van der Waals surface area (Å²) in [6.45, 7) is 2.51. The standard InChI is InChI=1S/C14H13N3O2/c1-2-14-15-13(16-19-14)8-17-7-6-11-10(9-18)4-3-5-12(11)17/h3-7,9H,2,8H2,1H3. The molecule has 0 fully saturated rings. The first-order valence-electron chi connectivity index (χ1n) is 6.16. The van der Waals surface area contributed by atoms with E-state index in [1.165, 1.54) is 0 Å². The first-order valence-corrected chi connectivity index (χ1v) is 6.16. The van der Waals surface area contributed by atoms with Gasteiger partial charge in [0.25, 0.3) is 0 Å². The number of carbonyl (C=O) groups excluding carboxylic acids is 1. The van der Waals surface area contributed by atoms with Crippen LogP contribution in [-0.2, 0) is 13.0 Å². The van der Waals surface area contributed by atoms with Crippen LogP contribution in [0.1, 0.15) is 29.0 Å². The lowest BCUT2D eigenvalue weighted by Gasteiger charge is -2.02. The van der Waals surface area contributed by atoms with Crippen molar-refractivity contribution in [2.75, 3.05) is 0 Å². The second-order valence-corrected chi connectivity index (χ2v) is 4.30. The average molecular weight is 255 g/mol. The number of aromatic nitrogens is 3. The fourth-order valence-electron chi connectivity index (χ4n) is 2.14. The van der Waals surface area contributed by atoms with Crippen LogP contribution in [-0.4, -0.2) is 21.0 Å². The van der Waals surface area contributed by atoms with E-state index >= 15 is 0 Å². The minimum absolute atomic E-state index is 0.537. The van der Waals surface area contributed by atoms with E-state index in [0.717, 1.165) is 23.6 Å². The van der Waals surface area contributed by atoms with E-state index in [1.54, 1.807) is 0 Å². The van der Waals surface area contributed by atoms with Gasteiger partial charge in [0.05, 0.1) is 6.54 Å². The Morgan fingerprint density at radius 3 is 3.00 bits per heavy atom. The fourth-order valence-corrected chi connectivity index (χ4v) is 2.14. The van der Waals surface area contributed by atoms with Crippen molar-refractivity contribution in [3.63, 3.8) is 0 Å². The Balaban J connectivity index is 1.99. The second kappa shape index (κ2) is 4.68. The van der Waals surface area contributed by atoms with E-state index in [4.69, 9.17) is 4.52 Å². The summed E-state index contributed by atoms with van der Waals surface area (Å²) in [7, 11) is 0. The molecule has 0 aliphatic heterocycles. The highest BCUT2D eigenvalue weighted by atomic mass is 16.5. The maximum absolute atomic E-state index is 11.0. The number of rotatable bonds is 4. The molecule has 2 heterocycles. The smallest absolute Gasteiger partial charge is 0.226 e. The van der Waals surface area contributed by atoms with Crippen molar-refractivity contribution in [3.05, 3.63) is 47.7 Å². The van der Waals surface area contributed by atoms with E-state index in [9.17, 15) is 4.79 Å². The topological polar surface area (TPSA) is 60.9 Å². The number of benzene rings is 1. The number of hydrogen-bond acceptors (Lipinski definition) is 4. The van der Waals surface area contributed by atoms with Gasteiger partial charge in [-0.15, -0.1) is 0 Å². The van der Waals surface area contributed by atoms with Crippen LogP contribution in [0.15, 0.2) is 35.0 Å². The lowest BCUT2D eigenvalue weighted by atomic mass is 10.1. The van der Waals surface area contributed by atoms with E-state index in [-0.39, 0.29) is 0 Å². The summed E-state index contributed by atoms with van der Waals surface area (Å²) in [6, 6.07) is 7.59. The summed E-state index contributed by atoms with van der Waals surface area (Å²) in [4.78, 5) is 15.3. The Morgan fingerprint density at radius 2 is 2.26 bits per heavy atom. The van der Waals surface area contributed by atoms with Gasteiger partial charge in [-0.25, -0.2) is 0 Å². The molecule has 0 saturated heterocycles. The molecule has 0 atom stereocenters. The third kappa shape index (κ3) is 2.03. The molecule has 0 saturated carbocycles. The van der Waals surface area contributed by atoms with Gasteiger partial charge >= 0.3 is 0 Å². The molecule has 3 aromatic rings. The Hall–Kier alpha value is -2.43. The maximum atomic E-state index is 11.0. The van der Waals surface area contributed by atoms with Crippen LogP contribution in [0, 0.1) is 0 Å². The first-order chi connectivity index (χ1) is 9.31. The van der Waals surface area contributed by atoms with Gasteiger partial charge in [-0.05, 0) is 12.1 Å². The summed E-state index contributed by atoms with van der Waals surface area (Å²) in [5.74, 6) is 1.28. The summed E-state index contributed by atoms with van der Waals surface area (Å²) in [6.07, 6.45) is 3.53. The normalized spacial score (nSPS) is 11.0. The molecule has 19 heavy (non-hydrogen) atoms. The average Bonchev–Trinajstić information content (AvgIpc) is 3.06. The van der Waals surface area contributed by atoms with Crippen molar-refractivity contribution in [1.82, 2.24) is 14.7 Å². The van der Waals surface area contributed by atoms with Gasteiger partial charge in [-0.1, -0.05) is 24.2 Å². The van der Waals surface area contributed by atoms with Gasteiger partial charge < -0.3 is 9.09 Å². The zero-order valence-corrected chi connectivity index (χ0v) is 10.5. The zero-order valence-electron chi connectivity index (χ0n) is 10.5. The number of fused-ring (bicyclic) bond motifs is 1. The van der Waals surface area contributed by atoms with Gasteiger partial charge in [0.1, 0.15) is 0 Å². The Kier molecular flexibility index (Phi) is 2.87. The van der Waals surface area contributed by atoms with E-state index in [0.29, 0.717) is 23.8 Å². The molecule has 5 nitrogen and oxygen atoms in total. The first kappa shape index (κ1) is 11.6. The highest BCUT2D eigenvalue weighted by molar-refractivity contribution is 5.97. The molecule has 0 spiro atoms. The molecule has 1 aromatic carbocycles. The lowest BCUT2D eigenvalue weighted by Crippen LogP contribution is -2.00. The Morgan fingerprint density at radius 1 is 1.37 bits per heavy atom. The fraction of sp³-hybridized carbons (Fsp3) is 0.214. The predicted octanol–water partition coefficient (Wildman–Crippen LogP) is 2.45. The monoisotopic (exact) mass is 255 g/mol. The Bertz CT molecular complexity index is 727. The van der Waals surface area contributed by atoms with Crippen LogP contribution in [0.3, 0.4) is 0 Å². The molecule has 0 N–H and O–H groups in total. The quantitative estimate of drug-likeness (QED) is 0.672. The lowest BCUT2D eigenvalue weighted by molar-refractivity contribution is 0.112.